The van der Waals surface area contributed by atoms with E-state index in [2.05, 4.69) is 33.0 Å². The van der Waals surface area contributed by atoms with E-state index in [1.807, 2.05) is 11.8 Å². The Morgan fingerprint density at radius 2 is 2.00 bits per heavy atom. The van der Waals surface area contributed by atoms with Gasteiger partial charge in [-0.05, 0) is 26.2 Å². The number of amides is 1. The number of carbonyl (C=O) groups excluding carboxylic acids is 1. The summed E-state index contributed by atoms with van der Waals surface area (Å²) in [5.41, 5.74) is 0. The molecule has 0 bridgehead atoms. The zero-order chi connectivity index (χ0) is 13.7. The summed E-state index contributed by atoms with van der Waals surface area (Å²) in [5.74, 6) is 0.655. The Kier molecular flexibility index (Phi) is 6.09. The van der Waals surface area contributed by atoms with Crippen LogP contribution in [0.15, 0.2) is 0 Å². The second kappa shape index (κ2) is 7.10. The maximum absolute atomic E-state index is 12.4. The third kappa shape index (κ3) is 3.45. The Bertz CT molecular complexity index is 269. The van der Waals surface area contributed by atoms with Crippen molar-refractivity contribution < 1.29 is 9.53 Å². The van der Waals surface area contributed by atoms with Gasteiger partial charge >= 0.3 is 0 Å². The smallest absolute Gasteiger partial charge is 0.241 e. The van der Waals surface area contributed by atoms with E-state index in [0.717, 1.165) is 12.8 Å². The highest BCUT2D eigenvalue weighted by molar-refractivity contribution is 5.84. The second-order valence-electron chi connectivity index (χ2n) is 5.45. The monoisotopic (exact) mass is 256 g/mol. The van der Waals surface area contributed by atoms with Gasteiger partial charge in [0.05, 0.1) is 24.9 Å². The molecule has 18 heavy (non-hydrogen) atoms. The van der Waals surface area contributed by atoms with Gasteiger partial charge in [0, 0.05) is 6.61 Å². The zero-order valence-corrected chi connectivity index (χ0v) is 12.4. The molecule has 106 valence electrons. The molecular weight excluding hydrogens is 228 g/mol. The highest BCUT2D eigenvalue weighted by Gasteiger charge is 2.41. The molecule has 0 aliphatic carbocycles. The van der Waals surface area contributed by atoms with Crippen molar-refractivity contribution in [1.29, 1.82) is 0 Å². The van der Waals surface area contributed by atoms with E-state index < -0.39 is 0 Å². The normalized spacial score (nSPS) is 26.1. The molecule has 0 aromatic carbocycles. The quantitative estimate of drug-likeness (QED) is 0.757. The Morgan fingerprint density at radius 3 is 2.50 bits per heavy atom. The van der Waals surface area contributed by atoms with Gasteiger partial charge in [0.15, 0.2) is 0 Å². The summed E-state index contributed by atoms with van der Waals surface area (Å²) in [4.78, 5) is 14.4. The minimum absolute atomic E-state index is 0.00789. The molecule has 1 heterocycles. The molecule has 3 unspecified atom stereocenters. The number of ether oxygens (including phenoxy) is 1. The maximum Gasteiger partial charge on any atom is 0.241 e. The molecular formula is C14H28N2O2. The summed E-state index contributed by atoms with van der Waals surface area (Å²) in [7, 11) is 0. The van der Waals surface area contributed by atoms with Crippen LogP contribution in [0.25, 0.3) is 0 Å². The number of hydrogen-bond donors (Lipinski definition) is 1. The van der Waals surface area contributed by atoms with Crippen LogP contribution in [0.1, 0.15) is 47.5 Å². The van der Waals surface area contributed by atoms with Crippen LogP contribution in [0.3, 0.4) is 0 Å². The number of nitrogens with one attached hydrogen (secondary N) is 1. The molecule has 0 saturated carbocycles. The molecule has 0 aromatic heterocycles. The highest BCUT2D eigenvalue weighted by Crippen LogP contribution is 2.22. The Morgan fingerprint density at radius 1 is 1.33 bits per heavy atom. The molecule has 1 amide bonds. The van der Waals surface area contributed by atoms with Crippen molar-refractivity contribution in [2.24, 2.45) is 5.92 Å². The molecule has 0 aromatic rings. The summed E-state index contributed by atoms with van der Waals surface area (Å²) in [5, 5.41) is 3.47. The van der Waals surface area contributed by atoms with Gasteiger partial charge in [-0.3, -0.25) is 10.1 Å². The fourth-order valence-corrected chi connectivity index (χ4v) is 2.54. The largest absolute Gasteiger partial charge is 0.380 e. The van der Waals surface area contributed by atoms with Crippen LogP contribution in [0.2, 0.25) is 0 Å². The van der Waals surface area contributed by atoms with Crippen LogP contribution in [-0.4, -0.2) is 42.3 Å². The van der Waals surface area contributed by atoms with E-state index in [1.165, 1.54) is 0 Å². The zero-order valence-electron chi connectivity index (χ0n) is 12.4. The van der Waals surface area contributed by atoms with Gasteiger partial charge in [-0.1, -0.05) is 27.2 Å². The predicted molar refractivity (Wildman–Crippen MR) is 73.3 cm³/mol. The Labute approximate surface area is 111 Å². The topological polar surface area (TPSA) is 41.6 Å². The van der Waals surface area contributed by atoms with Crippen LogP contribution < -0.4 is 5.32 Å². The third-order valence-corrected chi connectivity index (χ3v) is 3.47. The summed E-state index contributed by atoms with van der Waals surface area (Å²) in [6.45, 7) is 11.8. The lowest BCUT2D eigenvalue weighted by Crippen LogP contribution is -2.47. The molecule has 1 rings (SSSR count). The second-order valence-corrected chi connectivity index (χ2v) is 5.45. The van der Waals surface area contributed by atoms with Crippen molar-refractivity contribution in [3.05, 3.63) is 0 Å². The maximum atomic E-state index is 12.4. The molecule has 1 aliphatic rings. The molecule has 0 radical (unpaired) electrons. The van der Waals surface area contributed by atoms with Crippen molar-refractivity contribution in [2.45, 2.75) is 65.7 Å². The summed E-state index contributed by atoms with van der Waals surface area (Å²) in [6, 6.07) is 0.130. The number of carbonyl (C=O) groups is 1. The first kappa shape index (κ1) is 15.4. The summed E-state index contributed by atoms with van der Waals surface area (Å²) < 4.78 is 5.46. The third-order valence-electron chi connectivity index (χ3n) is 3.47. The fraction of sp³-hybridized carbons (Fsp3) is 0.929. The fourth-order valence-electron chi connectivity index (χ4n) is 2.54. The Balaban J connectivity index is 2.73. The molecule has 1 aliphatic heterocycles. The van der Waals surface area contributed by atoms with E-state index in [4.69, 9.17) is 4.74 Å². The number of rotatable bonds is 7. The minimum Gasteiger partial charge on any atom is -0.380 e. The van der Waals surface area contributed by atoms with Crippen LogP contribution in [0, 0.1) is 5.92 Å². The minimum atomic E-state index is -0.00789. The van der Waals surface area contributed by atoms with Crippen molar-refractivity contribution >= 4 is 5.91 Å². The van der Waals surface area contributed by atoms with Crippen LogP contribution in [0.4, 0.5) is 0 Å². The average Bonchev–Trinajstić information content (AvgIpc) is 2.65. The van der Waals surface area contributed by atoms with Gasteiger partial charge in [0.25, 0.3) is 0 Å². The van der Waals surface area contributed by atoms with E-state index in [-0.39, 0.29) is 24.2 Å². The highest BCUT2D eigenvalue weighted by atomic mass is 16.5. The standard InChI is InChI=1S/C14H28N2O2/c1-6-8-12-14(17)16(11(5)9-18-7-2)13(15-12)10(3)4/h10-13,15H,6-9H2,1-5H3. The SMILES string of the molecule is CCCC1NC(C(C)C)N(C(C)COCC)C1=O. The van der Waals surface area contributed by atoms with Crippen LogP contribution in [-0.2, 0) is 9.53 Å². The van der Waals surface area contributed by atoms with Gasteiger partial charge in [0.2, 0.25) is 5.91 Å². The van der Waals surface area contributed by atoms with E-state index in [0.29, 0.717) is 19.1 Å². The first-order valence-electron chi connectivity index (χ1n) is 7.18. The molecule has 1 saturated heterocycles. The van der Waals surface area contributed by atoms with E-state index in [1.54, 1.807) is 0 Å². The van der Waals surface area contributed by atoms with E-state index >= 15 is 0 Å². The molecule has 4 nitrogen and oxygen atoms in total. The van der Waals surface area contributed by atoms with Gasteiger partial charge in [-0.15, -0.1) is 0 Å². The van der Waals surface area contributed by atoms with Gasteiger partial charge in [0.1, 0.15) is 0 Å². The molecule has 3 atom stereocenters. The lowest BCUT2D eigenvalue weighted by molar-refractivity contribution is -0.134. The van der Waals surface area contributed by atoms with E-state index in [9.17, 15) is 4.79 Å². The van der Waals surface area contributed by atoms with Crippen molar-refractivity contribution in [3.8, 4) is 0 Å². The molecule has 1 fully saturated rings. The molecule has 0 spiro atoms. The average molecular weight is 256 g/mol. The van der Waals surface area contributed by atoms with Crippen molar-refractivity contribution in [2.75, 3.05) is 13.2 Å². The lowest BCUT2D eigenvalue weighted by Gasteiger charge is -2.32. The lowest BCUT2D eigenvalue weighted by atomic mass is 10.1. The van der Waals surface area contributed by atoms with Crippen molar-refractivity contribution in [3.63, 3.8) is 0 Å². The predicted octanol–water partition coefficient (Wildman–Crippen LogP) is 1.99. The number of nitrogens with zero attached hydrogens (tertiary/aromatic N) is 1. The molecule has 4 heteroatoms. The number of hydrogen-bond acceptors (Lipinski definition) is 3. The van der Waals surface area contributed by atoms with Gasteiger partial charge < -0.3 is 9.64 Å². The first-order chi connectivity index (χ1) is 8.52. The van der Waals surface area contributed by atoms with Crippen LogP contribution in [0.5, 0.6) is 0 Å². The van der Waals surface area contributed by atoms with Gasteiger partial charge in [-0.2, -0.15) is 0 Å². The van der Waals surface area contributed by atoms with Crippen molar-refractivity contribution in [1.82, 2.24) is 10.2 Å². The summed E-state index contributed by atoms with van der Waals surface area (Å²) in [6.07, 6.45) is 2.09. The first-order valence-corrected chi connectivity index (χ1v) is 7.18. The summed E-state index contributed by atoms with van der Waals surface area (Å²) >= 11 is 0. The van der Waals surface area contributed by atoms with Gasteiger partial charge in [-0.25, -0.2) is 0 Å². The Hall–Kier alpha value is -0.610. The van der Waals surface area contributed by atoms with Crippen LogP contribution >= 0.6 is 0 Å². The molecule has 1 N–H and O–H groups in total.